The third kappa shape index (κ3) is 5.03. The molecule has 110 valence electrons. The van der Waals surface area contributed by atoms with E-state index in [2.05, 4.69) is 5.32 Å². The van der Waals surface area contributed by atoms with Crippen LogP contribution in [0.3, 0.4) is 0 Å². The molecule has 0 fully saturated rings. The van der Waals surface area contributed by atoms with Crippen molar-refractivity contribution in [3.63, 3.8) is 0 Å². The lowest BCUT2D eigenvalue weighted by Gasteiger charge is -2.12. The third-order valence-corrected chi connectivity index (χ3v) is 4.75. The van der Waals surface area contributed by atoms with Gasteiger partial charge in [-0.05, 0) is 12.1 Å². The summed E-state index contributed by atoms with van der Waals surface area (Å²) in [4.78, 5) is 22.4. The summed E-state index contributed by atoms with van der Waals surface area (Å²) in [5.74, 6) is -1.45. The van der Waals surface area contributed by atoms with E-state index >= 15 is 0 Å². The molecule has 9 heteroatoms. The van der Waals surface area contributed by atoms with Crippen LogP contribution in [0.1, 0.15) is 0 Å². The molecule has 0 radical (unpaired) electrons. The monoisotopic (exact) mass is 356 g/mol. The van der Waals surface area contributed by atoms with Gasteiger partial charge in [0.25, 0.3) is 0 Å². The van der Waals surface area contributed by atoms with Gasteiger partial charge in [-0.1, -0.05) is 34.8 Å². The highest BCUT2D eigenvalue weighted by Crippen LogP contribution is 2.37. The van der Waals surface area contributed by atoms with Crippen molar-refractivity contribution >= 4 is 58.4 Å². The maximum absolute atomic E-state index is 11.5. The van der Waals surface area contributed by atoms with Gasteiger partial charge in [-0.25, -0.2) is 0 Å². The molecule has 4 N–H and O–H groups in total. The van der Waals surface area contributed by atoms with Crippen LogP contribution in [0.25, 0.3) is 0 Å². The molecule has 1 amide bonds. The number of nitrogens with two attached hydrogens (primary N) is 1. The highest BCUT2D eigenvalue weighted by Gasteiger charge is 2.16. The smallest absolute Gasteiger partial charge is 0.322 e. The van der Waals surface area contributed by atoms with Crippen LogP contribution in [0.5, 0.6) is 0 Å². The van der Waals surface area contributed by atoms with E-state index in [1.807, 2.05) is 0 Å². The molecule has 0 saturated heterocycles. The number of nitrogens with one attached hydrogen (secondary N) is 1. The third-order valence-electron chi connectivity index (χ3n) is 2.17. The van der Waals surface area contributed by atoms with E-state index in [4.69, 9.17) is 45.6 Å². The van der Waals surface area contributed by atoms with Crippen molar-refractivity contribution in [1.82, 2.24) is 5.32 Å². The zero-order chi connectivity index (χ0) is 15.3. The average molecular weight is 358 g/mol. The minimum absolute atomic E-state index is 0.225. The maximum atomic E-state index is 11.5. The van der Waals surface area contributed by atoms with Gasteiger partial charge in [0.2, 0.25) is 5.91 Å². The molecule has 20 heavy (non-hydrogen) atoms. The Hall–Kier alpha value is -0.660. The zero-order valence-electron chi connectivity index (χ0n) is 10.0. The van der Waals surface area contributed by atoms with Gasteiger partial charge in [0, 0.05) is 10.6 Å². The van der Waals surface area contributed by atoms with Gasteiger partial charge < -0.3 is 16.2 Å². The number of amides is 1. The summed E-state index contributed by atoms with van der Waals surface area (Å²) in [6.07, 6.45) is 0. The van der Waals surface area contributed by atoms with Gasteiger partial charge in [0.15, 0.2) is 0 Å². The number of thioether (sulfide) groups is 1. The fourth-order valence-corrected chi connectivity index (χ4v) is 2.83. The van der Waals surface area contributed by atoms with Crippen LogP contribution >= 0.6 is 46.6 Å². The van der Waals surface area contributed by atoms with Crippen molar-refractivity contribution in [1.29, 1.82) is 0 Å². The summed E-state index contributed by atoms with van der Waals surface area (Å²) in [6.45, 7) is -0.468. The number of carbonyl (C=O) groups is 2. The first kappa shape index (κ1) is 17.4. The lowest BCUT2D eigenvalue weighted by molar-refractivity contribution is -0.138. The molecule has 1 aromatic carbocycles. The van der Waals surface area contributed by atoms with Gasteiger partial charge in [-0.15, -0.1) is 11.8 Å². The Morgan fingerprint density at radius 2 is 1.95 bits per heavy atom. The summed E-state index contributed by atoms with van der Waals surface area (Å²) >= 11 is 18.9. The molecular weight excluding hydrogens is 347 g/mol. The lowest BCUT2D eigenvalue weighted by Crippen LogP contribution is -2.44. The van der Waals surface area contributed by atoms with Crippen LogP contribution in [0.15, 0.2) is 17.0 Å². The van der Waals surface area contributed by atoms with Crippen molar-refractivity contribution in [2.75, 3.05) is 12.3 Å². The highest BCUT2D eigenvalue weighted by atomic mass is 35.5. The Kier molecular flexibility index (Phi) is 6.91. The molecule has 0 unspecified atom stereocenters. The van der Waals surface area contributed by atoms with E-state index in [9.17, 15) is 9.59 Å². The molecule has 1 aromatic rings. The lowest BCUT2D eigenvalue weighted by atomic mass is 10.3. The van der Waals surface area contributed by atoms with Crippen LogP contribution in [0.2, 0.25) is 15.1 Å². The normalized spacial score (nSPS) is 12.0. The largest absolute Gasteiger partial charge is 0.480 e. The molecule has 0 spiro atoms. The molecule has 0 bridgehead atoms. The Balaban J connectivity index is 2.57. The molecule has 1 atom stereocenters. The minimum Gasteiger partial charge on any atom is -0.480 e. The number of hydrogen-bond donors (Lipinski definition) is 3. The van der Waals surface area contributed by atoms with Crippen LogP contribution in [0, 0.1) is 0 Å². The number of aliphatic carboxylic acids is 1. The van der Waals surface area contributed by atoms with Crippen molar-refractivity contribution in [2.24, 2.45) is 5.73 Å². The second-order valence-electron chi connectivity index (χ2n) is 3.70. The number of carboxylic acid groups (broad SMARTS) is 1. The second kappa shape index (κ2) is 7.95. The van der Waals surface area contributed by atoms with E-state index in [-0.39, 0.29) is 10.8 Å². The minimum atomic E-state index is -1.13. The predicted octanol–water partition coefficient (Wildman–Crippen LogP) is 2.27. The summed E-state index contributed by atoms with van der Waals surface area (Å²) in [5, 5.41) is 11.5. The molecule has 0 aliphatic carbocycles. The SMILES string of the molecule is N[C@@H](CSc1ccc(Cl)c(Cl)c1Cl)C(=O)NCC(=O)O. The van der Waals surface area contributed by atoms with Gasteiger partial charge in [0.05, 0.1) is 21.1 Å². The van der Waals surface area contributed by atoms with Gasteiger partial charge in [-0.2, -0.15) is 0 Å². The predicted molar refractivity (Wildman–Crippen MR) is 80.8 cm³/mol. The van der Waals surface area contributed by atoms with Crippen molar-refractivity contribution in [3.05, 3.63) is 27.2 Å². The molecule has 0 aliphatic heterocycles. The highest BCUT2D eigenvalue weighted by molar-refractivity contribution is 7.99. The molecule has 0 saturated carbocycles. The molecule has 0 aliphatic rings. The Morgan fingerprint density at radius 3 is 2.55 bits per heavy atom. The number of carboxylic acids is 1. The molecule has 5 nitrogen and oxygen atoms in total. The van der Waals surface area contributed by atoms with Gasteiger partial charge in [-0.3, -0.25) is 9.59 Å². The first-order chi connectivity index (χ1) is 9.32. The standard InChI is InChI=1S/C11H11Cl3N2O3S/c12-5-1-2-7(10(14)9(5)13)20-4-6(15)11(19)16-3-8(17)18/h1-2,6H,3-4,15H2,(H,16,19)(H,17,18)/t6-/m0/s1. The van der Waals surface area contributed by atoms with Crippen LogP contribution in [-0.2, 0) is 9.59 Å². The number of hydrogen-bond acceptors (Lipinski definition) is 4. The number of benzene rings is 1. The quantitative estimate of drug-likeness (QED) is 0.536. The van der Waals surface area contributed by atoms with Gasteiger partial charge in [0.1, 0.15) is 6.54 Å². The summed E-state index contributed by atoms with van der Waals surface area (Å²) in [5.41, 5.74) is 5.64. The first-order valence-corrected chi connectivity index (χ1v) is 7.46. The summed E-state index contributed by atoms with van der Waals surface area (Å²) in [7, 11) is 0. The molecule has 0 heterocycles. The van der Waals surface area contributed by atoms with E-state index in [1.54, 1.807) is 12.1 Å². The van der Waals surface area contributed by atoms with Crippen LogP contribution in [-0.4, -0.2) is 35.3 Å². The first-order valence-electron chi connectivity index (χ1n) is 5.34. The Morgan fingerprint density at radius 1 is 1.30 bits per heavy atom. The average Bonchev–Trinajstić information content (AvgIpc) is 2.41. The van der Waals surface area contributed by atoms with E-state index in [0.29, 0.717) is 14.9 Å². The van der Waals surface area contributed by atoms with Crippen molar-refractivity contribution in [2.45, 2.75) is 10.9 Å². The zero-order valence-corrected chi connectivity index (χ0v) is 13.1. The van der Waals surface area contributed by atoms with Crippen molar-refractivity contribution < 1.29 is 14.7 Å². The van der Waals surface area contributed by atoms with Crippen LogP contribution in [0.4, 0.5) is 0 Å². The summed E-state index contributed by atoms with van der Waals surface area (Å²) in [6, 6.07) is 2.40. The van der Waals surface area contributed by atoms with E-state index in [0.717, 1.165) is 0 Å². The van der Waals surface area contributed by atoms with E-state index in [1.165, 1.54) is 11.8 Å². The second-order valence-corrected chi connectivity index (χ2v) is 5.93. The number of rotatable bonds is 6. The number of halogens is 3. The van der Waals surface area contributed by atoms with Gasteiger partial charge >= 0.3 is 5.97 Å². The fraction of sp³-hybridized carbons (Fsp3) is 0.273. The topological polar surface area (TPSA) is 92.4 Å². The Labute approximate surface area is 134 Å². The van der Waals surface area contributed by atoms with Crippen LogP contribution < -0.4 is 11.1 Å². The number of carbonyl (C=O) groups excluding carboxylic acids is 1. The Bertz CT molecular complexity index is 528. The molecule has 1 rings (SSSR count). The molecular formula is C11H11Cl3N2O3S. The van der Waals surface area contributed by atoms with Crippen molar-refractivity contribution in [3.8, 4) is 0 Å². The van der Waals surface area contributed by atoms with E-state index < -0.39 is 24.5 Å². The maximum Gasteiger partial charge on any atom is 0.322 e. The fourth-order valence-electron chi connectivity index (χ4n) is 1.17. The summed E-state index contributed by atoms with van der Waals surface area (Å²) < 4.78 is 0. The molecule has 0 aromatic heterocycles.